The molecule has 1 aromatic heterocycles. The Morgan fingerprint density at radius 2 is 1.97 bits per heavy atom. The molecule has 4 heterocycles. The summed E-state index contributed by atoms with van der Waals surface area (Å²) in [5, 5.41) is 0. The summed E-state index contributed by atoms with van der Waals surface area (Å²) in [7, 11) is -3.39. The molecule has 1 saturated carbocycles. The van der Waals surface area contributed by atoms with Gasteiger partial charge >= 0.3 is 0 Å². The van der Waals surface area contributed by atoms with E-state index in [0.717, 1.165) is 49.5 Å². The van der Waals surface area contributed by atoms with Gasteiger partial charge < -0.3 is 14.4 Å². The highest BCUT2D eigenvalue weighted by Gasteiger charge is 2.38. The van der Waals surface area contributed by atoms with Crippen molar-refractivity contribution >= 4 is 15.9 Å². The minimum atomic E-state index is -3.39. The lowest BCUT2D eigenvalue weighted by molar-refractivity contribution is -0.140. The molecule has 2 fully saturated rings. The number of nitrogens with zero attached hydrogens (tertiary/aromatic N) is 2. The van der Waals surface area contributed by atoms with Crippen LogP contribution in [-0.2, 0) is 19.6 Å². The Kier molecular flexibility index (Phi) is 6.31. The summed E-state index contributed by atoms with van der Waals surface area (Å²) in [6.45, 7) is 2.86. The first-order valence-corrected chi connectivity index (χ1v) is 12.7. The van der Waals surface area contributed by atoms with Gasteiger partial charge in [-0.1, -0.05) is 0 Å². The quantitative estimate of drug-likeness (QED) is 0.757. The zero-order valence-corrected chi connectivity index (χ0v) is 18.5. The van der Waals surface area contributed by atoms with E-state index in [1.807, 2.05) is 6.07 Å². The Labute approximate surface area is 178 Å². The molecule has 3 aliphatic heterocycles. The summed E-state index contributed by atoms with van der Waals surface area (Å²) < 4.78 is 38.7. The molecule has 2 bridgehead atoms. The molecule has 166 valence electrons. The number of carbonyl (C=O) groups is 1. The van der Waals surface area contributed by atoms with Gasteiger partial charge in [0, 0.05) is 24.3 Å². The number of nitrogens with one attached hydrogen (secondary N) is 1. The lowest BCUT2D eigenvalue weighted by Gasteiger charge is -2.41. The average molecular weight is 438 g/mol. The van der Waals surface area contributed by atoms with E-state index < -0.39 is 10.0 Å². The highest BCUT2D eigenvalue weighted by atomic mass is 32.2. The fraction of sp³-hybridized carbons (Fsp3) is 0.714. The number of sulfonamides is 1. The Hall–Kier alpha value is -1.71. The molecule has 4 aliphatic rings. The summed E-state index contributed by atoms with van der Waals surface area (Å²) in [5.41, 5.74) is 2.25. The Balaban J connectivity index is 1.63. The van der Waals surface area contributed by atoms with E-state index in [4.69, 9.17) is 9.47 Å². The second-order valence-corrected chi connectivity index (χ2v) is 10.5. The summed E-state index contributed by atoms with van der Waals surface area (Å²) in [6, 6.07) is 1.30. The van der Waals surface area contributed by atoms with Crippen LogP contribution in [0, 0.1) is 6.92 Å². The van der Waals surface area contributed by atoms with Crippen LogP contribution in [0.3, 0.4) is 0 Å². The van der Waals surface area contributed by atoms with E-state index in [2.05, 4.69) is 16.6 Å². The van der Waals surface area contributed by atoms with Crippen LogP contribution < -0.4 is 9.46 Å². The van der Waals surface area contributed by atoms with Crippen molar-refractivity contribution in [2.75, 3.05) is 26.0 Å². The number of pyridine rings is 1. The molecule has 1 aliphatic carbocycles. The lowest BCUT2D eigenvalue weighted by Crippen LogP contribution is -2.59. The number of piperidine rings is 1. The average Bonchev–Trinajstić information content (AvgIpc) is 2.71. The molecule has 9 heteroatoms. The fourth-order valence-electron chi connectivity index (χ4n) is 5.11. The molecule has 2 atom stereocenters. The Bertz CT molecular complexity index is 883. The maximum atomic E-state index is 13.1. The molecule has 1 aromatic rings. The van der Waals surface area contributed by atoms with Crippen molar-refractivity contribution in [3.63, 3.8) is 0 Å². The van der Waals surface area contributed by atoms with Crippen LogP contribution in [0.25, 0.3) is 0 Å². The normalized spacial score (nSPS) is 30.3. The highest BCUT2D eigenvalue weighted by molar-refractivity contribution is 7.88. The van der Waals surface area contributed by atoms with Gasteiger partial charge in [-0.3, -0.25) is 4.79 Å². The minimum absolute atomic E-state index is 0.109. The van der Waals surface area contributed by atoms with Crippen LogP contribution in [0.4, 0.5) is 0 Å². The fourth-order valence-corrected chi connectivity index (χ4v) is 5.93. The topological polar surface area (TPSA) is 97.8 Å². The third-order valence-corrected chi connectivity index (χ3v) is 7.28. The van der Waals surface area contributed by atoms with Gasteiger partial charge in [0.05, 0.1) is 25.0 Å². The molecule has 1 N–H and O–H groups in total. The monoisotopic (exact) mass is 437 g/mol. The maximum absolute atomic E-state index is 13.1. The number of carbonyl (C=O) groups excluding carboxylic acids is 1. The largest absolute Gasteiger partial charge is 0.467 e. The Morgan fingerprint density at radius 1 is 1.20 bits per heavy atom. The highest BCUT2D eigenvalue weighted by Crippen LogP contribution is 2.39. The van der Waals surface area contributed by atoms with Crippen LogP contribution in [0.15, 0.2) is 12.3 Å². The van der Waals surface area contributed by atoms with E-state index >= 15 is 0 Å². The first-order valence-electron chi connectivity index (χ1n) is 10.8. The number of amides is 1. The van der Waals surface area contributed by atoms with Gasteiger partial charge in [-0.2, -0.15) is 0 Å². The molecular formula is C21H31N3O5S. The maximum Gasteiger partial charge on any atom is 0.260 e. The molecule has 8 nitrogen and oxygen atoms in total. The van der Waals surface area contributed by atoms with Crippen molar-refractivity contribution in [2.24, 2.45) is 0 Å². The third-order valence-electron chi connectivity index (χ3n) is 6.55. The van der Waals surface area contributed by atoms with E-state index in [0.29, 0.717) is 31.4 Å². The van der Waals surface area contributed by atoms with Crippen LogP contribution in [0.5, 0.6) is 5.88 Å². The molecule has 0 radical (unpaired) electrons. The van der Waals surface area contributed by atoms with E-state index in [1.165, 1.54) is 0 Å². The number of ether oxygens (including phenoxy) is 2. The van der Waals surface area contributed by atoms with Crippen molar-refractivity contribution in [3.8, 4) is 5.88 Å². The van der Waals surface area contributed by atoms with Crippen molar-refractivity contribution in [1.29, 1.82) is 0 Å². The van der Waals surface area contributed by atoms with Crippen LogP contribution in [-0.4, -0.2) is 68.4 Å². The number of aromatic nitrogens is 1. The van der Waals surface area contributed by atoms with Crippen molar-refractivity contribution in [3.05, 3.63) is 23.4 Å². The summed E-state index contributed by atoms with van der Waals surface area (Å²) in [6.07, 6.45) is 8.26. The zero-order valence-electron chi connectivity index (χ0n) is 17.7. The number of aryl methyl sites for hydroxylation is 1. The van der Waals surface area contributed by atoms with Crippen molar-refractivity contribution in [2.45, 2.75) is 69.6 Å². The summed E-state index contributed by atoms with van der Waals surface area (Å²) in [5.74, 6) is 0.738. The first-order chi connectivity index (χ1) is 14.3. The van der Waals surface area contributed by atoms with Crippen molar-refractivity contribution < 1.29 is 22.7 Å². The smallest absolute Gasteiger partial charge is 0.260 e. The van der Waals surface area contributed by atoms with Gasteiger partial charge in [0.1, 0.15) is 0 Å². The lowest BCUT2D eigenvalue weighted by atomic mass is 9.81. The predicted octanol–water partition coefficient (Wildman–Crippen LogP) is 1.73. The number of hydrogen-bond donors (Lipinski definition) is 1. The summed E-state index contributed by atoms with van der Waals surface area (Å²) in [4.78, 5) is 19.2. The number of rotatable bonds is 2. The van der Waals surface area contributed by atoms with Gasteiger partial charge in [-0.05, 0) is 63.0 Å². The molecule has 1 amide bonds. The second kappa shape index (κ2) is 8.80. The zero-order chi connectivity index (χ0) is 21.3. The van der Waals surface area contributed by atoms with Crippen molar-refractivity contribution in [1.82, 2.24) is 14.6 Å². The molecule has 0 spiro atoms. The van der Waals surface area contributed by atoms with Gasteiger partial charge in [0.2, 0.25) is 15.9 Å². The van der Waals surface area contributed by atoms with E-state index in [1.54, 1.807) is 11.1 Å². The number of hydrogen-bond acceptors (Lipinski definition) is 6. The molecule has 30 heavy (non-hydrogen) atoms. The molecule has 5 rings (SSSR count). The Morgan fingerprint density at radius 3 is 2.70 bits per heavy atom. The van der Waals surface area contributed by atoms with Crippen LogP contribution in [0.1, 0.15) is 55.6 Å². The molecule has 0 unspecified atom stereocenters. The van der Waals surface area contributed by atoms with E-state index in [9.17, 15) is 13.2 Å². The minimum Gasteiger partial charge on any atom is -0.467 e. The van der Waals surface area contributed by atoms with E-state index in [-0.39, 0.29) is 30.7 Å². The van der Waals surface area contributed by atoms with Crippen LogP contribution >= 0.6 is 0 Å². The van der Waals surface area contributed by atoms with Gasteiger partial charge in [-0.15, -0.1) is 0 Å². The molecule has 1 saturated heterocycles. The first kappa shape index (κ1) is 21.5. The standard InChI is InChI=1S/C21H31N3O5S/c1-14-9-10-22-21-20(14)15-5-7-16(8-6-15)28-12-18-17(23-30(2,26)27)4-3-11-24(18)19(25)13-29-21/h9-10,15-18,23H,3-8,11-13H2,1-2H3/t15?,16?,17-,18-/m0/s1. The van der Waals surface area contributed by atoms with Gasteiger partial charge in [0.25, 0.3) is 5.91 Å². The van der Waals surface area contributed by atoms with Crippen LogP contribution in [0.2, 0.25) is 0 Å². The third kappa shape index (κ3) is 4.78. The number of fused-ring (bicyclic) bond motifs is 5. The van der Waals surface area contributed by atoms with Gasteiger partial charge in [-0.25, -0.2) is 18.1 Å². The molecular weight excluding hydrogens is 406 g/mol. The van der Waals surface area contributed by atoms with Gasteiger partial charge in [0.15, 0.2) is 6.61 Å². The SMILES string of the molecule is Cc1ccnc2c1C1CCC(CC1)OC[C@H]1[C@@H](NS(C)(=O)=O)CCCN1C(=O)CO2. The predicted molar refractivity (Wildman–Crippen MR) is 112 cm³/mol. The summed E-state index contributed by atoms with van der Waals surface area (Å²) >= 11 is 0. The molecule has 0 aromatic carbocycles. The second-order valence-electron chi connectivity index (χ2n) is 8.74.